The Labute approximate surface area is 108 Å². The quantitative estimate of drug-likeness (QED) is 0.733. The molecule has 3 N–H and O–H groups in total. The molecule has 102 valence electrons. The van der Waals surface area contributed by atoms with Crippen LogP contribution in [0.25, 0.3) is 0 Å². The Morgan fingerprint density at radius 3 is 3.00 bits per heavy atom. The SMILES string of the molecule is NCC1CCCC(C(=O)N2CCNC(=O)CC2)C1. The molecule has 0 aromatic carbocycles. The lowest BCUT2D eigenvalue weighted by atomic mass is 9.80. The Morgan fingerprint density at radius 2 is 2.22 bits per heavy atom. The van der Waals surface area contributed by atoms with Crippen molar-refractivity contribution in [1.82, 2.24) is 10.2 Å². The molecule has 5 heteroatoms. The molecule has 0 bridgehead atoms. The Bertz CT molecular complexity index is 319. The number of nitrogens with zero attached hydrogens (tertiary/aromatic N) is 1. The summed E-state index contributed by atoms with van der Waals surface area (Å²) >= 11 is 0. The van der Waals surface area contributed by atoms with E-state index in [1.165, 1.54) is 0 Å². The van der Waals surface area contributed by atoms with E-state index < -0.39 is 0 Å². The summed E-state index contributed by atoms with van der Waals surface area (Å²) in [6.45, 7) is 2.48. The van der Waals surface area contributed by atoms with Crippen molar-refractivity contribution in [3.8, 4) is 0 Å². The summed E-state index contributed by atoms with van der Waals surface area (Å²) in [7, 11) is 0. The largest absolute Gasteiger partial charge is 0.354 e. The highest BCUT2D eigenvalue weighted by atomic mass is 16.2. The monoisotopic (exact) mass is 253 g/mol. The van der Waals surface area contributed by atoms with Gasteiger partial charge in [0.05, 0.1) is 0 Å². The first kappa shape index (κ1) is 13.3. The lowest BCUT2D eigenvalue weighted by molar-refractivity contribution is -0.136. The first-order valence-electron chi connectivity index (χ1n) is 6.96. The highest BCUT2D eigenvalue weighted by molar-refractivity contribution is 5.81. The number of nitrogens with two attached hydrogens (primary N) is 1. The van der Waals surface area contributed by atoms with Gasteiger partial charge in [0.2, 0.25) is 11.8 Å². The zero-order valence-electron chi connectivity index (χ0n) is 10.9. The van der Waals surface area contributed by atoms with Crippen LogP contribution in [0.15, 0.2) is 0 Å². The summed E-state index contributed by atoms with van der Waals surface area (Å²) in [5, 5.41) is 2.80. The van der Waals surface area contributed by atoms with Crippen molar-refractivity contribution in [2.75, 3.05) is 26.2 Å². The lowest BCUT2D eigenvalue weighted by Gasteiger charge is -2.31. The molecule has 2 amide bonds. The van der Waals surface area contributed by atoms with Gasteiger partial charge in [0.25, 0.3) is 0 Å². The molecule has 2 aliphatic rings. The van der Waals surface area contributed by atoms with Crippen LogP contribution < -0.4 is 11.1 Å². The summed E-state index contributed by atoms with van der Waals surface area (Å²) < 4.78 is 0. The van der Waals surface area contributed by atoms with E-state index in [0.29, 0.717) is 38.5 Å². The van der Waals surface area contributed by atoms with Crippen molar-refractivity contribution in [2.24, 2.45) is 17.6 Å². The zero-order valence-corrected chi connectivity index (χ0v) is 10.9. The van der Waals surface area contributed by atoms with E-state index in [0.717, 1.165) is 25.7 Å². The molecule has 2 rings (SSSR count). The van der Waals surface area contributed by atoms with Gasteiger partial charge in [-0.2, -0.15) is 0 Å². The summed E-state index contributed by atoms with van der Waals surface area (Å²) in [4.78, 5) is 25.5. The smallest absolute Gasteiger partial charge is 0.225 e. The van der Waals surface area contributed by atoms with E-state index in [1.807, 2.05) is 4.90 Å². The summed E-state index contributed by atoms with van der Waals surface area (Å²) in [6.07, 6.45) is 4.59. The van der Waals surface area contributed by atoms with Gasteiger partial charge in [-0.05, 0) is 31.7 Å². The summed E-state index contributed by atoms with van der Waals surface area (Å²) in [5.74, 6) is 0.901. The summed E-state index contributed by atoms with van der Waals surface area (Å²) in [6, 6.07) is 0. The van der Waals surface area contributed by atoms with E-state index in [4.69, 9.17) is 5.73 Å². The van der Waals surface area contributed by atoms with Gasteiger partial charge >= 0.3 is 0 Å². The molecule has 1 saturated carbocycles. The first-order valence-corrected chi connectivity index (χ1v) is 6.96. The number of amides is 2. The molecule has 1 aliphatic carbocycles. The molecule has 0 spiro atoms. The number of nitrogens with one attached hydrogen (secondary N) is 1. The third-order valence-corrected chi connectivity index (χ3v) is 4.09. The van der Waals surface area contributed by atoms with Crippen LogP contribution in [0.3, 0.4) is 0 Å². The molecule has 18 heavy (non-hydrogen) atoms. The topological polar surface area (TPSA) is 75.4 Å². The Morgan fingerprint density at radius 1 is 1.39 bits per heavy atom. The maximum atomic E-state index is 12.4. The molecule has 2 fully saturated rings. The molecular formula is C13H23N3O2. The zero-order chi connectivity index (χ0) is 13.0. The second-order valence-corrected chi connectivity index (χ2v) is 5.39. The van der Waals surface area contributed by atoms with Crippen molar-refractivity contribution in [2.45, 2.75) is 32.1 Å². The number of rotatable bonds is 2. The van der Waals surface area contributed by atoms with Gasteiger partial charge in [-0.1, -0.05) is 6.42 Å². The van der Waals surface area contributed by atoms with Crippen LogP contribution in [0.1, 0.15) is 32.1 Å². The fourth-order valence-corrected chi connectivity index (χ4v) is 2.97. The third kappa shape index (κ3) is 3.22. The average molecular weight is 253 g/mol. The molecule has 2 unspecified atom stereocenters. The molecule has 1 aliphatic heterocycles. The van der Waals surface area contributed by atoms with E-state index in [2.05, 4.69) is 5.32 Å². The van der Waals surface area contributed by atoms with Crippen LogP contribution in [0.2, 0.25) is 0 Å². The highest BCUT2D eigenvalue weighted by Crippen LogP contribution is 2.29. The van der Waals surface area contributed by atoms with Gasteiger partial charge in [-0.25, -0.2) is 0 Å². The van der Waals surface area contributed by atoms with Crippen molar-refractivity contribution in [1.29, 1.82) is 0 Å². The second kappa shape index (κ2) is 6.18. The highest BCUT2D eigenvalue weighted by Gasteiger charge is 2.30. The molecule has 2 atom stereocenters. The number of carbonyl (C=O) groups is 2. The van der Waals surface area contributed by atoms with Gasteiger partial charge in [-0.3, -0.25) is 9.59 Å². The third-order valence-electron chi connectivity index (χ3n) is 4.09. The fourth-order valence-electron chi connectivity index (χ4n) is 2.97. The Hall–Kier alpha value is -1.10. The van der Waals surface area contributed by atoms with Gasteiger partial charge in [0.1, 0.15) is 0 Å². The standard InChI is InChI=1S/C13H23N3O2/c14-9-10-2-1-3-11(8-10)13(18)16-6-4-12(17)15-5-7-16/h10-11H,1-9,14H2,(H,15,17). The van der Waals surface area contributed by atoms with Crippen LogP contribution in [0.5, 0.6) is 0 Å². The first-order chi connectivity index (χ1) is 8.70. The number of hydrogen-bond acceptors (Lipinski definition) is 3. The molecular weight excluding hydrogens is 230 g/mol. The molecule has 1 saturated heterocycles. The Balaban J connectivity index is 1.91. The molecule has 1 heterocycles. The molecule has 0 aromatic rings. The van der Waals surface area contributed by atoms with Gasteiger partial charge in [0, 0.05) is 32.0 Å². The summed E-state index contributed by atoms with van der Waals surface area (Å²) in [5.41, 5.74) is 5.71. The predicted molar refractivity (Wildman–Crippen MR) is 68.7 cm³/mol. The minimum absolute atomic E-state index is 0.0498. The van der Waals surface area contributed by atoms with Crippen LogP contribution >= 0.6 is 0 Å². The van der Waals surface area contributed by atoms with E-state index in [9.17, 15) is 9.59 Å². The van der Waals surface area contributed by atoms with Gasteiger partial charge < -0.3 is 16.0 Å². The predicted octanol–water partition coefficient (Wildman–Crippen LogP) is 0.100. The second-order valence-electron chi connectivity index (χ2n) is 5.39. The van der Waals surface area contributed by atoms with E-state index in [-0.39, 0.29) is 17.7 Å². The molecule has 0 radical (unpaired) electrons. The average Bonchev–Trinajstić information content (AvgIpc) is 2.63. The van der Waals surface area contributed by atoms with E-state index >= 15 is 0 Å². The minimum atomic E-state index is 0.0498. The Kier molecular flexibility index (Phi) is 4.58. The van der Waals surface area contributed by atoms with Crippen LogP contribution in [-0.4, -0.2) is 42.9 Å². The van der Waals surface area contributed by atoms with Crippen molar-refractivity contribution < 1.29 is 9.59 Å². The van der Waals surface area contributed by atoms with Crippen molar-refractivity contribution >= 4 is 11.8 Å². The van der Waals surface area contributed by atoms with Crippen molar-refractivity contribution in [3.05, 3.63) is 0 Å². The van der Waals surface area contributed by atoms with Crippen molar-refractivity contribution in [3.63, 3.8) is 0 Å². The van der Waals surface area contributed by atoms with E-state index in [1.54, 1.807) is 0 Å². The van der Waals surface area contributed by atoms with Gasteiger partial charge in [0.15, 0.2) is 0 Å². The lowest BCUT2D eigenvalue weighted by Crippen LogP contribution is -2.40. The molecule has 5 nitrogen and oxygen atoms in total. The fraction of sp³-hybridized carbons (Fsp3) is 0.846. The maximum absolute atomic E-state index is 12.4. The van der Waals surface area contributed by atoms with Crippen LogP contribution in [0, 0.1) is 11.8 Å². The number of hydrogen-bond donors (Lipinski definition) is 2. The number of carbonyl (C=O) groups excluding carboxylic acids is 2. The maximum Gasteiger partial charge on any atom is 0.225 e. The van der Waals surface area contributed by atoms with Gasteiger partial charge in [-0.15, -0.1) is 0 Å². The minimum Gasteiger partial charge on any atom is -0.354 e. The van der Waals surface area contributed by atoms with Crippen LogP contribution in [-0.2, 0) is 9.59 Å². The molecule has 0 aromatic heterocycles. The normalized spacial score (nSPS) is 29.6. The van der Waals surface area contributed by atoms with Crippen LogP contribution in [0.4, 0.5) is 0 Å².